The van der Waals surface area contributed by atoms with E-state index in [0.717, 1.165) is 12.1 Å². The molecule has 0 saturated heterocycles. The lowest BCUT2D eigenvalue weighted by Crippen LogP contribution is -2.09. The molecule has 0 saturated carbocycles. The highest BCUT2D eigenvalue weighted by molar-refractivity contribution is 5.68. The summed E-state index contributed by atoms with van der Waals surface area (Å²) in [5, 5.41) is 8.49. The molecule has 122 valence electrons. The molecule has 2 rings (SSSR count). The summed E-state index contributed by atoms with van der Waals surface area (Å²) in [6.07, 6.45) is -4.36. The molecule has 0 aromatic heterocycles. The molecule has 0 aliphatic rings. The fourth-order valence-electron chi connectivity index (χ4n) is 1.73. The number of ether oxygens (including phenoxy) is 2. The Hall–Kier alpha value is -2.70. The number of benzene rings is 2. The zero-order valence-corrected chi connectivity index (χ0v) is 11.8. The summed E-state index contributed by atoms with van der Waals surface area (Å²) in [7, 11) is 0. The average Bonchev–Trinajstić information content (AvgIpc) is 2.51. The molecule has 0 aliphatic heterocycles. The van der Waals surface area contributed by atoms with Crippen LogP contribution in [0.2, 0.25) is 0 Å². The number of hydrogen-bond donors (Lipinski definition) is 1. The van der Waals surface area contributed by atoms with Gasteiger partial charge in [-0.2, -0.15) is 13.2 Å². The standard InChI is InChI=1S/C16H13F3O4/c17-16(18,19)12-3-1-11(2-4-12)9-22-13-5-7-14(8-6-13)23-10-15(20)21/h1-8H,9-10H2,(H,20,21). The van der Waals surface area contributed by atoms with Crippen LogP contribution in [0, 0.1) is 0 Å². The fourth-order valence-corrected chi connectivity index (χ4v) is 1.73. The summed E-state index contributed by atoms with van der Waals surface area (Å²) in [5.74, 6) is -0.200. The smallest absolute Gasteiger partial charge is 0.416 e. The summed E-state index contributed by atoms with van der Waals surface area (Å²) in [6.45, 7) is -0.320. The third kappa shape index (κ3) is 5.21. The first kappa shape index (κ1) is 16.7. The minimum absolute atomic E-state index is 0.119. The van der Waals surface area contributed by atoms with Gasteiger partial charge in [0.25, 0.3) is 0 Å². The summed E-state index contributed by atoms with van der Waals surface area (Å²) in [5.41, 5.74) is -0.106. The van der Waals surface area contributed by atoms with Crippen molar-refractivity contribution in [2.45, 2.75) is 12.8 Å². The van der Waals surface area contributed by atoms with Crippen molar-refractivity contribution in [2.75, 3.05) is 6.61 Å². The first-order valence-electron chi connectivity index (χ1n) is 6.58. The number of alkyl halides is 3. The zero-order valence-electron chi connectivity index (χ0n) is 11.8. The highest BCUT2D eigenvalue weighted by Crippen LogP contribution is 2.29. The largest absolute Gasteiger partial charge is 0.489 e. The normalized spacial score (nSPS) is 11.1. The zero-order chi connectivity index (χ0) is 16.9. The van der Waals surface area contributed by atoms with Crippen molar-refractivity contribution >= 4 is 5.97 Å². The third-order valence-electron chi connectivity index (χ3n) is 2.87. The van der Waals surface area contributed by atoms with Crippen LogP contribution in [0.3, 0.4) is 0 Å². The number of aliphatic carboxylic acids is 1. The van der Waals surface area contributed by atoms with E-state index in [9.17, 15) is 18.0 Å². The van der Waals surface area contributed by atoms with Gasteiger partial charge in [0.2, 0.25) is 0 Å². The van der Waals surface area contributed by atoms with E-state index in [1.165, 1.54) is 12.1 Å². The van der Waals surface area contributed by atoms with Crippen molar-refractivity contribution in [3.8, 4) is 11.5 Å². The second-order valence-electron chi connectivity index (χ2n) is 4.64. The molecule has 0 atom stereocenters. The molecule has 0 radical (unpaired) electrons. The molecule has 0 aliphatic carbocycles. The van der Waals surface area contributed by atoms with Crippen LogP contribution in [0.1, 0.15) is 11.1 Å². The number of hydrogen-bond acceptors (Lipinski definition) is 3. The SMILES string of the molecule is O=C(O)COc1ccc(OCc2ccc(C(F)(F)F)cc2)cc1. The Morgan fingerprint density at radius 1 is 0.913 bits per heavy atom. The van der Waals surface area contributed by atoms with E-state index < -0.39 is 24.3 Å². The molecule has 0 fully saturated rings. The van der Waals surface area contributed by atoms with Crippen LogP contribution in [-0.4, -0.2) is 17.7 Å². The van der Waals surface area contributed by atoms with Crippen LogP contribution < -0.4 is 9.47 Å². The second-order valence-corrected chi connectivity index (χ2v) is 4.64. The molecule has 23 heavy (non-hydrogen) atoms. The number of halogens is 3. The van der Waals surface area contributed by atoms with Crippen molar-refractivity contribution in [1.29, 1.82) is 0 Å². The molecule has 0 spiro atoms. The highest BCUT2D eigenvalue weighted by atomic mass is 19.4. The monoisotopic (exact) mass is 326 g/mol. The number of rotatable bonds is 6. The van der Waals surface area contributed by atoms with Gasteiger partial charge in [-0.25, -0.2) is 4.79 Å². The Morgan fingerprint density at radius 2 is 1.43 bits per heavy atom. The van der Waals surface area contributed by atoms with Gasteiger partial charge >= 0.3 is 12.1 Å². The highest BCUT2D eigenvalue weighted by Gasteiger charge is 2.29. The maximum Gasteiger partial charge on any atom is 0.416 e. The van der Waals surface area contributed by atoms with Crippen LogP contribution >= 0.6 is 0 Å². The molecular formula is C16H13F3O4. The minimum atomic E-state index is -4.36. The molecule has 2 aromatic rings. The number of carbonyl (C=O) groups is 1. The molecule has 7 heteroatoms. The van der Waals surface area contributed by atoms with E-state index in [4.69, 9.17) is 14.6 Å². The Bertz CT molecular complexity index is 649. The molecule has 1 N–H and O–H groups in total. The molecule has 0 heterocycles. The molecule has 0 unspecified atom stereocenters. The van der Waals surface area contributed by atoms with E-state index in [1.54, 1.807) is 24.3 Å². The van der Waals surface area contributed by atoms with Crippen LogP contribution in [0.5, 0.6) is 11.5 Å². The van der Waals surface area contributed by atoms with Crippen LogP contribution in [-0.2, 0) is 17.6 Å². The molecule has 2 aromatic carbocycles. The molecule has 0 amide bonds. The second kappa shape index (κ2) is 7.04. The first-order chi connectivity index (χ1) is 10.8. The fraction of sp³-hybridized carbons (Fsp3) is 0.188. The van der Waals surface area contributed by atoms with E-state index in [1.807, 2.05) is 0 Å². The summed E-state index contributed by atoms with van der Waals surface area (Å²) in [6, 6.07) is 11.0. The molecule has 4 nitrogen and oxygen atoms in total. The Morgan fingerprint density at radius 3 is 1.91 bits per heavy atom. The number of carboxylic acids is 1. The van der Waals surface area contributed by atoms with E-state index in [2.05, 4.69) is 0 Å². The van der Waals surface area contributed by atoms with Gasteiger partial charge in [-0.15, -0.1) is 0 Å². The lowest BCUT2D eigenvalue weighted by atomic mass is 10.1. The number of carboxylic acid groups (broad SMARTS) is 1. The lowest BCUT2D eigenvalue weighted by Gasteiger charge is -2.09. The quantitative estimate of drug-likeness (QED) is 0.878. The Labute approximate surface area is 130 Å². The van der Waals surface area contributed by atoms with E-state index in [-0.39, 0.29) is 6.61 Å². The van der Waals surface area contributed by atoms with Crippen molar-refractivity contribution in [2.24, 2.45) is 0 Å². The van der Waals surface area contributed by atoms with Crippen LogP contribution in [0.4, 0.5) is 13.2 Å². The predicted molar refractivity (Wildman–Crippen MR) is 75.3 cm³/mol. The maximum atomic E-state index is 12.4. The predicted octanol–water partition coefficient (Wildman–Crippen LogP) is 3.75. The van der Waals surface area contributed by atoms with Crippen molar-refractivity contribution < 1.29 is 32.5 Å². The van der Waals surface area contributed by atoms with Crippen molar-refractivity contribution in [3.63, 3.8) is 0 Å². The van der Waals surface area contributed by atoms with Crippen LogP contribution in [0.25, 0.3) is 0 Å². The van der Waals surface area contributed by atoms with E-state index >= 15 is 0 Å². The lowest BCUT2D eigenvalue weighted by molar-refractivity contribution is -0.139. The summed E-state index contributed by atoms with van der Waals surface area (Å²) < 4.78 is 47.7. The molecular weight excluding hydrogens is 313 g/mol. The minimum Gasteiger partial charge on any atom is -0.489 e. The van der Waals surface area contributed by atoms with Gasteiger partial charge in [-0.3, -0.25) is 0 Å². The van der Waals surface area contributed by atoms with Crippen molar-refractivity contribution in [3.05, 3.63) is 59.7 Å². The van der Waals surface area contributed by atoms with Gasteiger partial charge in [0.1, 0.15) is 18.1 Å². The average molecular weight is 326 g/mol. The van der Waals surface area contributed by atoms with E-state index in [0.29, 0.717) is 17.1 Å². The Kier molecular flexibility index (Phi) is 5.10. The summed E-state index contributed by atoms with van der Waals surface area (Å²) in [4.78, 5) is 10.4. The van der Waals surface area contributed by atoms with Gasteiger partial charge in [0, 0.05) is 0 Å². The van der Waals surface area contributed by atoms with Gasteiger partial charge in [0.05, 0.1) is 5.56 Å². The summed E-state index contributed by atoms with van der Waals surface area (Å²) >= 11 is 0. The van der Waals surface area contributed by atoms with Gasteiger partial charge in [-0.1, -0.05) is 12.1 Å². The topological polar surface area (TPSA) is 55.8 Å². The van der Waals surface area contributed by atoms with Gasteiger partial charge in [-0.05, 0) is 42.0 Å². The van der Waals surface area contributed by atoms with Gasteiger partial charge in [0.15, 0.2) is 6.61 Å². The third-order valence-corrected chi connectivity index (χ3v) is 2.87. The molecule has 0 bridgehead atoms. The van der Waals surface area contributed by atoms with Crippen molar-refractivity contribution in [1.82, 2.24) is 0 Å². The van der Waals surface area contributed by atoms with Gasteiger partial charge < -0.3 is 14.6 Å². The Balaban J connectivity index is 1.89. The maximum absolute atomic E-state index is 12.4. The first-order valence-corrected chi connectivity index (χ1v) is 6.58. The van der Waals surface area contributed by atoms with Crippen LogP contribution in [0.15, 0.2) is 48.5 Å².